The van der Waals surface area contributed by atoms with E-state index in [1.165, 1.54) is 116 Å². The summed E-state index contributed by atoms with van der Waals surface area (Å²) >= 11 is -4.87. The van der Waals surface area contributed by atoms with Crippen molar-refractivity contribution < 1.29 is 48.4 Å². The van der Waals surface area contributed by atoms with Crippen LogP contribution >= 0.6 is 138 Å². The summed E-state index contributed by atoms with van der Waals surface area (Å²) in [6.07, 6.45) is 25.1. The summed E-state index contributed by atoms with van der Waals surface area (Å²) < 4.78 is 14.8. The maximum absolute atomic E-state index is 4.94. The average molecular weight is 1610 g/mol. The van der Waals surface area contributed by atoms with Crippen LogP contribution in [0.4, 0.5) is 0 Å². The van der Waals surface area contributed by atoms with Crippen molar-refractivity contribution in [2.45, 2.75) is 267 Å². The zero-order valence-corrected chi connectivity index (χ0v) is 70.4. The van der Waals surface area contributed by atoms with Gasteiger partial charge in [0.1, 0.15) is 0 Å². The maximum atomic E-state index is 4.94. The van der Waals surface area contributed by atoms with Gasteiger partial charge < -0.3 is 14.2 Å². The van der Waals surface area contributed by atoms with Gasteiger partial charge in [0.05, 0.1) is 0 Å². The molecule has 0 radical (unpaired) electrons. The normalized spacial score (nSPS) is 30.1. The van der Waals surface area contributed by atoms with Crippen molar-refractivity contribution in [1.29, 1.82) is 0 Å². The van der Waals surface area contributed by atoms with Gasteiger partial charge in [-0.25, -0.2) is 0 Å². The van der Waals surface area contributed by atoms with Gasteiger partial charge in [-0.2, -0.15) is 0 Å². The van der Waals surface area contributed by atoms with E-state index in [0.29, 0.717) is 0 Å². The van der Waals surface area contributed by atoms with Crippen LogP contribution in [0.5, 0.6) is 0 Å². The summed E-state index contributed by atoms with van der Waals surface area (Å²) in [6.45, 7) is 36.0. The third kappa shape index (κ3) is 29.6. The SMILES string of the molecule is C1CCOC1.C1CCOC1.C1CCOC1.C[C@H]1CC[C@H](C)P1c1ccccc1P1[C@@H](C)CC[C@@H]1C.C[C@H]1CC[C@H](C)P1c1ccccc1P1[C@@H](C)CC[C@@H]1C.C[C@H]1CC[C@H](C)P1c1ccccc1P1[C@@H](C)CC[C@@H]1C.[Cl][Cr]([Cl])[Cl].[Cl][Cr]([Cl])[Cl].[Cl][Cr]([Cl])[Cl]. The van der Waals surface area contributed by atoms with Crippen molar-refractivity contribution in [3.05, 3.63) is 72.8 Å². The fourth-order valence-electron chi connectivity index (χ4n) is 14.3. The van der Waals surface area contributed by atoms with Crippen LogP contribution in [0.15, 0.2) is 72.8 Å². The molecule has 12 rings (SSSR count). The molecule has 87 heavy (non-hydrogen) atoms. The fourth-order valence-corrected chi connectivity index (χ4v) is 36.0. The Hall–Kier alpha value is 4.33. The van der Waals surface area contributed by atoms with E-state index in [0.717, 1.165) is 108 Å². The molecule has 0 aromatic heterocycles. The molecule has 9 heterocycles. The molecule has 12 atom stereocenters. The van der Waals surface area contributed by atoms with E-state index in [-0.39, 0.29) is 47.5 Å². The van der Waals surface area contributed by atoms with Gasteiger partial charge in [0.15, 0.2) is 0 Å². The third-order valence-electron chi connectivity index (χ3n) is 18.5. The van der Waals surface area contributed by atoms with Gasteiger partial charge in [-0.15, -0.1) is 0 Å². The molecule has 21 heteroatoms. The van der Waals surface area contributed by atoms with Crippen LogP contribution in [0.2, 0.25) is 0 Å². The van der Waals surface area contributed by atoms with Gasteiger partial charge in [-0.1, -0.05) is 203 Å². The number of benzene rings is 3. The first-order valence-electron chi connectivity index (χ1n) is 32.4. The molecule has 0 N–H and O–H groups in total. The first-order valence-corrected chi connectivity index (χ1v) is 57.0. The molecule has 9 saturated heterocycles. The standard InChI is InChI=1S/3C18H28P2.3C4H8O.9ClH.3Cr/c3*1-13-9-10-14(2)19(13)17-7-5-6-8-18(17)20-15(3)11-12-16(20)4;3*1-2-4-5-3-1;;;;;;;;;;;;/h3*5-8,13-16H,9-12H2,1-4H3;3*1-4H2;9*1H;;;/q;;;;;;;;;;;;;;;3*+3/p-9/t3*13-,14-,15-,16-;;;;;;;;;;;;;;;/m000.............../s1. The summed E-state index contributed by atoms with van der Waals surface area (Å²) in [5.41, 5.74) is 11.2. The Kier molecular flexibility index (Phi) is 44.9. The van der Waals surface area contributed by atoms with Crippen molar-refractivity contribution in [3.63, 3.8) is 0 Å². The second-order valence-electron chi connectivity index (χ2n) is 25.0. The van der Waals surface area contributed by atoms with Crippen molar-refractivity contribution in [2.24, 2.45) is 0 Å². The molecule has 0 spiro atoms. The van der Waals surface area contributed by atoms with E-state index in [1.807, 2.05) is 0 Å². The summed E-state index contributed by atoms with van der Waals surface area (Å²) in [4.78, 5) is 0. The van der Waals surface area contributed by atoms with Gasteiger partial charge in [-0.3, -0.25) is 0 Å². The quantitative estimate of drug-likeness (QED) is 0.230. The van der Waals surface area contributed by atoms with E-state index in [4.69, 9.17) is 105 Å². The van der Waals surface area contributed by atoms with E-state index in [1.54, 1.807) is 31.8 Å². The molecule has 9 fully saturated rings. The van der Waals surface area contributed by atoms with Gasteiger partial charge in [0, 0.05) is 39.6 Å². The van der Waals surface area contributed by atoms with E-state index in [9.17, 15) is 0 Å². The fraction of sp³-hybridized carbons (Fsp3) is 0.727. The van der Waals surface area contributed by atoms with Crippen molar-refractivity contribution in [2.75, 3.05) is 39.6 Å². The first-order chi connectivity index (χ1) is 41.5. The number of ether oxygens (including phenoxy) is 3. The molecule has 0 saturated carbocycles. The molecule has 501 valence electrons. The Labute approximate surface area is 590 Å². The van der Waals surface area contributed by atoms with Gasteiger partial charge in [-0.05, 0) is 215 Å². The molecular formula is C66H108Cl9Cr3O3P6. The predicted molar refractivity (Wildman–Crippen MR) is 400 cm³/mol. The number of rotatable bonds is 6. The van der Waals surface area contributed by atoms with Crippen molar-refractivity contribution in [3.8, 4) is 0 Å². The van der Waals surface area contributed by atoms with E-state index in [2.05, 4.69) is 156 Å². The van der Waals surface area contributed by atoms with E-state index < -0.39 is 34.2 Å². The van der Waals surface area contributed by atoms with Gasteiger partial charge >= 0.3 is 125 Å². The minimum atomic E-state index is -1.62. The van der Waals surface area contributed by atoms with Crippen LogP contribution < -0.4 is 31.8 Å². The summed E-state index contributed by atoms with van der Waals surface area (Å²) in [5.74, 6) is 0. The summed E-state index contributed by atoms with van der Waals surface area (Å²) in [6, 6.07) is 28.7. The first kappa shape index (κ1) is 83.7. The Morgan fingerprint density at radius 1 is 0.241 bits per heavy atom. The average Bonchev–Trinajstić information content (AvgIpc) is 1.90. The van der Waals surface area contributed by atoms with Crippen molar-refractivity contribution in [1.82, 2.24) is 0 Å². The van der Waals surface area contributed by atoms with Crippen LogP contribution in [0.1, 0.15) is 199 Å². The van der Waals surface area contributed by atoms with Crippen LogP contribution in [-0.2, 0) is 48.4 Å². The van der Waals surface area contributed by atoms with Crippen molar-refractivity contribution >= 4 is 170 Å². The van der Waals surface area contributed by atoms with Gasteiger partial charge in [0.25, 0.3) is 0 Å². The van der Waals surface area contributed by atoms with E-state index >= 15 is 0 Å². The molecule has 9 aliphatic rings. The third-order valence-corrected chi connectivity index (χ3v) is 39.2. The Morgan fingerprint density at radius 3 is 0.425 bits per heavy atom. The van der Waals surface area contributed by atoms with Crippen LogP contribution in [-0.4, -0.2) is 108 Å². The second kappa shape index (κ2) is 46.6. The van der Waals surface area contributed by atoms with Gasteiger partial charge in [0.2, 0.25) is 0 Å². The summed E-state index contributed by atoms with van der Waals surface area (Å²) in [7, 11) is 44.8. The Morgan fingerprint density at radius 2 is 0.345 bits per heavy atom. The monoisotopic (exact) mass is 1610 g/mol. The predicted octanol–water partition coefficient (Wildman–Crippen LogP) is 23.7. The number of hydrogen-bond acceptors (Lipinski definition) is 3. The molecule has 0 aliphatic carbocycles. The van der Waals surface area contributed by atoms with Crippen LogP contribution in [0.25, 0.3) is 0 Å². The molecule has 3 nitrogen and oxygen atoms in total. The number of hydrogen-bond donors (Lipinski definition) is 0. The van der Waals surface area contributed by atoms with Crippen LogP contribution in [0.3, 0.4) is 0 Å². The van der Waals surface area contributed by atoms with Crippen LogP contribution in [0, 0.1) is 0 Å². The topological polar surface area (TPSA) is 27.7 Å². The molecule has 3 aromatic rings. The number of halogens is 9. The Balaban J connectivity index is 0.000000230. The molecule has 3 aromatic carbocycles. The zero-order chi connectivity index (χ0) is 64.2. The molecule has 0 unspecified atom stereocenters. The minimum absolute atomic E-state index is 0.0785. The second-order valence-corrected chi connectivity index (χ2v) is 62.4. The Bertz CT molecular complexity index is 1840. The summed E-state index contributed by atoms with van der Waals surface area (Å²) in [5, 5.41) is 10.7. The molecule has 0 bridgehead atoms. The molecule has 0 amide bonds. The molecule has 9 aliphatic heterocycles. The molecular weight excluding hydrogens is 1500 g/mol. The zero-order valence-electron chi connectivity index (χ0n) is 54.4.